The van der Waals surface area contributed by atoms with Gasteiger partial charge in [0.2, 0.25) is 6.79 Å². The van der Waals surface area contributed by atoms with Gasteiger partial charge < -0.3 is 24.8 Å². The minimum absolute atomic E-state index is 0.146. The second-order valence-electron chi connectivity index (χ2n) is 7.03. The van der Waals surface area contributed by atoms with Crippen molar-refractivity contribution in [3.8, 4) is 17.2 Å². The number of amides is 2. The molecule has 0 aromatic heterocycles. The van der Waals surface area contributed by atoms with Crippen LogP contribution in [-0.4, -0.2) is 24.6 Å². The van der Waals surface area contributed by atoms with E-state index in [1.807, 2.05) is 6.07 Å². The standard InChI is InChI=1S/C24H20N2O6/c1-15(27)32-20-7-3-5-17(11-20)24(29)26-19-6-2-4-16(10-19)13-25-23(28)18-8-9-21-22(12-18)31-14-30-21/h2-12H,13-14H2,1H3,(H,25,28)(H,26,29). The van der Waals surface area contributed by atoms with Crippen molar-refractivity contribution in [3.05, 3.63) is 83.4 Å². The molecule has 162 valence electrons. The number of carbonyl (C=O) groups is 3. The van der Waals surface area contributed by atoms with E-state index < -0.39 is 5.97 Å². The first-order chi connectivity index (χ1) is 15.5. The highest BCUT2D eigenvalue weighted by Crippen LogP contribution is 2.32. The second-order valence-corrected chi connectivity index (χ2v) is 7.03. The van der Waals surface area contributed by atoms with E-state index in [0.717, 1.165) is 5.56 Å². The number of anilines is 1. The molecular weight excluding hydrogens is 412 g/mol. The molecule has 0 fully saturated rings. The van der Waals surface area contributed by atoms with Gasteiger partial charge in [0, 0.05) is 30.3 Å². The van der Waals surface area contributed by atoms with Gasteiger partial charge in [-0.2, -0.15) is 0 Å². The normalized spacial score (nSPS) is 11.5. The van der Waals surface area contributed by atoms with E-state index in [-0.39, 0.29) is 25.2 Å². The van der Waals surface area contributed by atoms with E-state index in [0.29, 0.717) is 34.1 Å². The second kappa shape index (κ2) is 9.22. The molecule has 0 radical (unpaired) electrons. The van der Waals surface area contributed by atoms with Crippen LogP contribution in [0.1, 0.15) is 33.2 Å². The molecule has 8 heteroatoms. The molecule has 1 heterocycles. The predicted octanol–water partition coefficient (Wildman–Crippen LogP) is 3.52. The van der Waals surface area contributed by atoms with Gasteiger partial charge >= 0.3 is 5.97 Å². The van der Waals surface area contributed by atoms with Crippen LogP contribution in [0.5, 0.6) is 17.2 Å². The number of hydrogen-bond acceptors (Lipinski definition) is 6. The highest BCUT2D eigenvalue weighted by atomic mass is 16.7. The SMILES string of the molecule is CC(=O)Oc1cccc(C(=O)Nc2cccc(CNC(=O)c3ccc4c(c3)OCO4)c2)c1. The third kappa shape index (κ3) is 5.04. The number of benzene rings is 3. The fourth-order valence-electron chi connectivity index (χ4n) is 3.15. The zero-order chi connectivity index (χ0) is 22.5. The van der Waals surface area contributed by atoms with Crippen molar-refractivity contribution in [1.29, 1.82) is 0 Å². The maximum atomic E-state index is 12.6. The summed E-state index contributed by atoms with van der Waals surface area (Å²) in [6.07, 6.45) is 0. The van der Waals surface area contributed by atoms with Crippen LogP contribution in [0.3, 0.4) is 0 Å². The van der Waals surface area contributed by atoms with Crippen molar-refractivity contribution in [1.82, 2.24) is 5.32 Å². The van der Waals surface area contributed by atoms with Crippen molar-refractivity contribution in [2.24, 2.45) is 0 Å². The van der Waals surface area contributed by atoms with Crippen LogP contribution < -0.4 is 24.8 Å². The average molecular weight is 432 g/mol. The van der Waals surface area contributed by atoms with Gasteiger partial charge in [-0.3, -0.25) is 14.4 Å². The number of esters is 1. The lowest BCUT2D eigenvalue weighted by Crippen LogP contribution is -2.22. The quantitative estimate of drug-likeness (QED) is 0.456. The third-order valence-electron chi connectivity index (χ3n) is 4.63. The Kier molecular flexibility index (Phi) is 6.03. The molecular formula is C24H20N2O6. The molecule has 2 N–H and O–H groups in total. The molecule has 8 nitrogen and oxygen atoms in total. The minimum Gasteiger partial charge on any atom is -0.454 e. The summed E-state index contributed by atoms with van der Waals surface area (Å²) in [5.41, 5.74) is 2.20. The van der Waals surface area contributed by atoms with Gasteiger partial charge in [0.05, 0.1) is 0 Å². The van der Waals surface area contributed by atoms with E-state index in [1.165, 1.54) is 13.0 Å². The van der Waals surface area contributed by atoms with Crippen molar-refractivity contribution in [2.75, 3.05) is 12.1 Å². The first kappa shape index (κ1) is 20.9. The van der Waals surface area contributed by atoms with Gasteiger partial charge in [-0.25, -0.2) is 0 Å². The summed E-state index contributed by atoms with van der Waals surface area (Å²) >= 11 is 0. The Hall–Kier alpha value is -4.33. The number of carbonyl (C=O) groups excluding carboxylic acids is 3. The smallest absolute Gasteiger partial charge is 0.308 e. The molecule has 0 saturated heterocycles. The van der Waals surface area contributed by atoms with E-state index in [9.17, 15) is 14.4 Å². The van der Waals surface area contributed by atoms with Crippen LogP contribution in [0.4, 0.5) is 5.69 Å². The molecule has 0 saturated carbocycles. The summed E-state index contributed by atoms with van der Waals surface area (Å²) in [6.45, 7) is 1.72. The molecule has 0 bridgehead atoms. The highest BCUT2D eigenvalue weighted by Gasteiger charge is 2.16. The summed E-state index contributed by atoms with van der Waals surface area (Å²) < 4.78 is 15.6. The third-order valence-corrected chi connectivity index (χ3v) is 4.63. The van der Waals surface area contributed by atoms with Crippen LogP contribution in [0.2, 0.25) is 0 Å². The minimum atomic E-state index is -0.460. The molecule has 1 aliphatic rings. The lowest BCUT2D eigenvalue weighted by atomic mass is 10.1. The molecule has 3 aromatic carbocycles. The Bertz CT molecular complexity index is 1190. The van der Waals surface area contributed by atoms with Crippen molar-refractivity contribution in [2.45, 2.75) is 13.5 Å². The van der Waals surface area contributed by atoms with E-state index >= 15 is 0 Å². The summed E-state index contributed by atoms with van der Waals surface area (Å²) in [6, 6.07) is 18.5. The Morgan fingerprint density at radius 1 is 0.875 bits per heavy atom. The Labute approximate surface area is 184 Å². The van der Waals surface area contributed by atoms with E-state index in [2.05, 4.69) is 10.6 Å². The zero-order valence-electron chi connectivity index (χ0n) is 17.2. The van der Waals surface area contributed by atoms with Gasteiger partial charge in [-0.05, 0) is 54.1 Å². The Balaban J connectivity index is 1.37. The summed E-state index contributed by atoms with van der Waals surface area (Å²) in [5.74, 6) is 0.396. The summed E-state index contributed by atoms with van der Waals surface area (Å²) in [4.78, 5) is 36.1. The molecule has 4 rings (SSSR count). The van der Waals surface area contributed by atoms with Gasteiger partial charge in [0.15, 0.2) is 11.5 Å². The van der Waals surface area contributed by atoms with Crippen LogP contribution in [-0.2, 0) is 11.3 Å². The maximum Gasteiger partial charge on any atom is 0.308 e. The molecule has 0 unspecified atom stereocenters. The fraction of sp³-hybridized carbons (Fsp3) is 0.125. The van der Waals surface area contributed by atoms with E-state index in [1.54, 1.807) is 54.6 Å². The van der Waals surface area contributed by atoms with Crippen molar-refractivity contribution < 1.29 is 28.6 Å². The number of nitrogens with one attached hydrogen (secondary N) is 2. The first-order valence-electron chi connectivity index (χ1n) is 9.84. The molecule has 2 amide bonds. The molecule has 3 aromatic rings. The molecule has 32 heavy (non-hydrogen) atoms. The predicted molar refractivity (Wildman–Crippen MR) is 116 cm³/mol. The monoisotopic (exact) mass is 432 g/mol. The summed E-state index contributed by atoms with van der Waals surface area (Å²) in [7, 11) is 0. The van der Waals surface area contributed by atoms with Crippen molar-refractivity contribution >= 4 is 23.5 Å². The van der Waals surface area contributed by atoms with Gasteiger partial charge in [-0.1, -0.05) is 18.2 Å². The highest BCUT2D eigenvalue weighted by molar-refractivity contribution is 6.04. The number of hydrogen-bond donors (Lipinski definition) is 2. The fourth-order valence-corrected chi connectivity index (χ4v) is 3.15. The van der Waals surface area contributed by atoms with Crippen LogP contribution in [0.15, 0.2) is 66.7 Å². The molecule has 0 aliphatic carbocycles. The van der Waals surface area contributed by atoms with Crippen LogP contribution in [0, 0.1) is 0 Å². The van der Waals surface area contributed by atoms with Crippen LogP contribution in [0.25, 0.3) is 0 Å². The zero-order valence-corrected chi connectivity index (χ0v) is 17.2. The molecule has 1 aliphatic heterocycles. The van der Waals surface area contributed by atoms with E-state index in [4.69, 9.17) is 14.2 Å². The van der Waals surface area contributed by atoms with Gasteiger partial charge in [0.1, 0.15) is 5.75 Å². The van der Waals surface area contributed by atoms with Gasteiger partial charge in [0.25, 0.3) is 11.8 Å². The molecule has 0 spiro atoms. The average Bonchev–Trinajstić information content (AvgIpc) is 3.25. The number of fused-ring (bicyclic) bond motifs is 1. The van der Waals surface area contributed by atoms with Gasteiger partial charge in [-0.15, -0.1) is 0 Å². The number of rotatable bonds is 6. The lowest BCUT2D eigenvalue weighted by molar-refractivity contribution is -0.131. The summed E-state index contributed by atoms with van der Waals surface area (Å²) in [5, 5.41) is 5.65. The van der Waals surface area contributed by atoms with Crippen molar-refractivity contribution in [3.63, 3.8) is 0 Å². The topological polar surface area (TPSA) is 103 Å². The Morgan fingerprint density at radius 2 is 1.66 bits per heavy atom. The van der Waals surface area contributed by atoms with Crippen LogP contribution >= 0.6 is 0 Å². The first-order valence-corrected chi connectivity index (χ1v) is 9.84. The largest absolute Gasteiger partial charge is 0.454 e. The molecule has 0 atom stereocenters. The maximum absolute atomic E-state index is 12.6. The lowest BCUT2D eigenvalue weighted by Gasteiger charge is -2.10. The Morgan fingerprint density at radius 3 is 2.50 bits per heavy atom. The number of ether oxygens (including phenoxy) is 3.